The molecular formula is C20H22N2O3S. The zero-order valence-electron chi connectivity index (χ0n) is 14.9. The van der Waals surface area contributed by atoms with Gasteiger partial charge >= 0.3 is 0 Å². The molecule has 0 heterocycles. The largest absolute Gasteiger partial charge is 0.496 e. The van der Waals surface area contributed by atoms with Gasteiger partial charge in [0.15, 0.2) is 0 Å². The molecule has 26 heavy (non-hydrogen) atoms. The molecule has 136 valence electrons. The van der Waals surface area contributed by atoms with Crippen molar-refractivity contribution in [2.45, 2.75) is 24.3 Å². The normalized spacial score (nSPS) is 13.2. The first-order chi connectivity index (χ1) is 12.6. The molecule has 0 radical (unpaired) electrons. The van der Waals surface area contributed by atoms with Gasteiger partial charge in [-0.25, -0.2) is 0 Å². The van der Waals surface area contributed by atoms with Crippen LogP contribution in [0.2, 0.25) is 0 Å². The maximum absolute atomic E-state index is 12.5. The Morgan fingerprint density at radius 3 is 2.69 bits per heavy atom. The quantitative estimate of drug-likeness (QED) is 0.730. The highest BCUT2D eigenvalue weighted by atomic mass is 32.2. The second-order valence-corrected chi connectivity index (χ2v) is 7.09. The first-order valence-corrected chi connectivity index (χ1v) is 9.73. The summed E-state index contributed by atoms with van der Waals surface area (Å²) in [4.78, 5) is 25.4. The summed E-state index contributed by atoms with van der Waals surface area (Å²) < 4.78 is 5.33. The molecule has 1 aliphatic rings. The van der Waals surface area contributed by atoms with Gasteiger partial charge in [0.2, 0.25) is 5.91 Å². The van der Waals surface area contributed by atoms with E-state index >= 15 is 0 Å². The zero-order chi connectivity index (χ0) is 18.5. The van der Waals surface area contributed by atoms with Crippen molar-refractivity contribution in [2.75, 3.05) is 18.7 Å². The fraction of sp³-hybridized carbons (Fsp3) is 0.300. The van der Waals surface area contributed by atoms with Crippen molar-refractivity contribution >= 4 is 29.3 Å². The van der Waals surface area contributed by atoms with E-state index in [0.29, 0.717) is 17.9 Å². The molecule has 0 saturated heterocycles. The van der Waals surface area contributed by atoms with E-state index in [4.69, 9.17) is 4.74 Å². The molecule has 0 atom stereocenters. The summed E-state index contributed by atoms with van der Waals surface area (Å²) >= 11 is 1.60. The molecule has 2 aromatic carbocycles. The minimum Gasteiger partial charge on any atom is -0.496 e. The van der Waals surface area contributed by atoms with E-state index in [-0.39, 0.29) is 17.7 Å². The number of thioether (sulfide) groups is 1. The number of ether oxygens (including phenoxy) is 1. The Hall–Kier alpha value is -2.47. The molecule has 0 bridgehead atoms. The molecule has 1 aliphatic carbocycles. The van der Waals surface area contributed by atoms with Crippen LogP contribution in [0.25, 0.3) is 0 Å². The van der Waals surface area contributed by atoms with Crippen LogP contribution in [0.3, 0.4) is 0 Å². The lowest BCUT2D eigenvalue weighted by atomic mass is 10.1. The highest BCUT2D eigenvalue weighted by Gasteiger charge is 2.29. The number of methoxy groups -OCH3 is 1. The third-order valence-corrected chi connectivity index (χ3v) is 4.97. The van der Waals surface area contributed by atoms with Gasteiger partial charge in [0.05, 0.1) is 12.7 Å². The highest BCUT2D eigenvalue weighted by Crippen LogP contribution is 2.30. The van der Waals surface area contributed by atoms with Gasteiger partial charge < -0.3 is 15.4 Å². The minimum absolute atomic E-state index is 0.0739. The number of hydrogen-bond donors (Lipinski definition) is 2. The standard InChI is InChI=1S/C20H22N2O3S/c1-25-18-11-16(26-2)8-9-17(18)20(24)21-12-13-4-3-5-15(10-13)22-19(23)14-6-7-14/h3-5,8-11,14H,6-7,12H2,1-2H3,(H,21,24)(H,22,23). The Balaban J connectivity index is 1.63. The van der Waals surface area contributed by atoms with Crippen LogP contribution in [0.5, 0.6) is 5.75 Å². The summed E-state index contributed by atoms with van der Waals surface area (Å²) in [5, 5.41) is 5.83. The molecule has 0 unspecified atom stereocenters. The number of carbonyl (C=O) groups is 2. The smallest absolute Gasteiger partial charge is 0.255 e. The van der Waals surface area contributed by atoms with Gasteiger partial charge in [-0.05, 0) is 55.0 Å². The molecule has 2 amide bonds. The van der Waals surface area contributed by atoms with E-state index in [1.807, 2.05) is 42.7 Å². The summed E-state index contributed by atoms with van der Waals surface area (Å²) in [5.41, 5.74) is 2.19. The Morgan fingerprint density at radius 1 is 1.19 bits per heavy atom. The average Bonchev–Trinajstić information content (AvgIpc) is 3.51. The van der Waals surface area contributed by atoms with E-state index in [0.717, 1.165) is 29.0 Å². The van der Waals surface area contributed by atoms with Crippen LogP contribution < -0.4 is 15.4 Å². The van der Waals surface area contributed by atoms with Crippen molar-refractivity contribution in [1.29, 1.82) is 0 Å². The van der Waals surface area contributed by atoms with Gasteiger partial charge in [0, 0.05) is 23.0 Å². The molecule has 1 fully saturated rings. The van der Waals surface area contributed by atoms with Gasteiger partial charge in [-0.2, -0.15) is 0 Å². The summed E-state index contributed by atoms with van der Waals surface area (Å²) in [5.74, 6) is 0.599. The van der Waals surface area contributed by atoms with E-state index in [9.17, 15) is 9.59 Å². The lowest BCUT2D eigenvalue weighted by Gasteiger charge is -2.11. The van der Waals surface area contributed by atoms with Crippen molar-refractivity contribution in [3.05, 3.63) is 53.6 Å². The van der Waals surface area contributed by atoms with Gasteiger partial charge in [-0.3, -0.25) is 9.59 Å². The van der Waals surface area contributed by atoms with Gasteiger partial charge in [-0.15, -0.1) is 11.8 Å². The van der Waals surface area contributed by atoms with E-state index in [1.165, 1.54) is 0 Å². The lowest BCUT2D eigenvalue weighted by molar-refractivity contribution is -0.117. The van der Waals surface area contributed by atoms with Crippen molar-refractivity contribution in [2.24, 2.45) is 5.92 Å². The second kappa shape index (κ2) is 8.27. The molecule has 2 N–H and O–H groups in total. The van der Waals surface area contributed by atoms with E-state index in [1.54, 1.807) is 24.9 Å². The average molecular weight is 370 g/mol. The Morgan fingerprint density at radius 2 is 2.00 bits per heavy atom. The third kappa shape index (κ3) is 4.58. The topological polar surface area (TPSA) is 67.4 Å². The summed E-state index contributed by atoms with van der Waals surface area (Å²) in [7, 11) is 1.56. The molecule has 2 aromatic rings. The van der Waals surface area contributed by atoms with Gasteiger partial charge in [-0.1, -0.05) is 12.1 Å². The van der Waals surface area contributed by atoms with Crippen LogP contribution in [-0.2, 0) is 11.3 Å². The fourth-order valence-electron chi connectivity index (χ4n) is 2.61. The zero-order valence-corrected chi connectivity index (χ0v) is 15.7. The van der Waals surface area contributed by atoms with Gasteiger partial charge in [0.1, 0.15) is 5.75 Å². The second-order valence-electron chi connectivity index (χ2n) is 6.21. The fourth-order valence-corrected chi connectivity index (χ4v) is 3.04. The van der Waals surface area contributed by atoms with Crippen molar-refractivity contribution < 1.29 is 14.3 Å². The number of rotatable bonds is 7. The van der Waals surface area contributed by atoms with Crippen molar-refractivity contribution in [1.82, 2.24) is 5.32 Å². The van der Waals surface area contributed by atoms with Crippen molar-refractivity contribution in [3.63, 3.8) is 0 Å². The summed E-state index contributed by atoms with van der Waals surface area (Å²) in [6.07, 6.45) is 3.92. The third-order valence-electron chi connectivity index (χ3n) is 4.25. The van der Waals surface area contributed by atoms with Crippen LogP contribution in [-0.4, -0.2) is 25.2 Å². The molecule has 3 rings (SSSR count). The molecule has 1 saturated carbocycles. The predicted octanol–water partition coefficient (Wildman–Crippen LogP) is 3.70. The summed E-state index contributed by atoms with van der Waals surface area (Å²) in [6, 6.07) is 13.1. The van der Waals surface area contributed by atoms with E-state index in [2.05, 4.69) is 10.6 Å². The van der Waals surface area contributed by atoms with Gasteiger partial charge in [0.25, 0.3) is 5.91 Å². The Bertz CT molecular complexity index is 818. The molecular weight excluding hydrogens is 348 g/mol. The molecule has 6 heteroatoms. The number of amides is 2. The SMILES string of the molecule is COc1cc(SC)ccc1C(=O)NCc1cccc(NC(=O)C2CC2)c1. The monoisotopic (exact) mass is 370 g/mol. The van der Waals surface area contributed by atoms with E-state index < -0.39 is 0 Å². The number of nitrogens with one attached hydrogen (secondary N) is 2. The Kier molecular flexibility index (Phi) is 5.83. The Labute approximate surface area is 157 Å². The molecule has 0 aromatic heterocycles. The number of hydrogen-bond acceptors (Lipinski definition) is 4. The number of benzene rings is 2. The lowest BCUT2D eigenvalue weighted by Crippen LogP contribution is -2.23. The summed E-state index contributed by atoms with van der Waals surface area (Å²) in [6.45, 7) is 0.374. The first kappa shape index (κ1) is 18.3. The van der Waals surface area contributed by atoms with Crippen LogP contribution in [0.4, 0.5) is 5.69 Å². The molecule has 0 aliphatic heterocycles. The number of anilines is 1. The maximum atomic E-state index is 12.5. The molecule has 0 spiro atoms. The van der Waals surface area contributed by atoms with Crippen LogP contribution in [0.1, 0.15) is 28.8 Å². The van der Waals surface area contributed by atoms with Crippen molar-refractivity contribution in [3.8, 4) is 5.75 Å². The van der Waals surface area contributed by atoms with Crippen LogP contribution >= 0.6 is 11.8 Å². The van der Waals surface area contributed by atoms with Crippen LogP contribution in [0, 0.1) is 5.92 Å². The first-order valence-electron chi connectivity index (χ1n) is 8.50. The predicted molar refractivity (Wildman–Crippen MR) is 104 cm³/mol. The highest BCUT2D eigenvalue weighted by molar-refractivity contribution is 7.98. The molecule has 5 nitrogen and oxygen atoms in total. The van der Waals surface area contributed by atoms with Crippen LogP contribution in [0.15, 0.2) is 47.4 Å². The number of carbonyl (C=O) groups excluding carboxylic acids is 2. The maximum Gasteiger partial charge on any atom is 0.255 e. The minimum atomic E-state index is -0.193.